The molecule has 0 bridgehead atoms. The smallest absolute Gasteiger partial charge is 0.261 e. The number of aromatic nitrogens is 1. The summed E-state index contributed by atoms with van der Waals surface area (Å²) < 4.78 is 33.2. The maximum atomic E-state index is 12.6. The van der Waals surface area contributed by atoms with Gasteiger partial charge in [0.15, 0.2) is 0 Å². The van der Waals surface area contributed by atoms with Crippen LogP contribution in [0, 0.1) is 0 Å². The average molecular weight is 481 g/mol. The van der Waals surface area contributed by atoms with Crippen LogP contribution in [0.25, 0.3) is 0 Å². The molecule has 1 aromatic heterocycles. The summed E-state index contributed by atoms with van der Waals surface area (Å²) in [6.07, 6.45) is 3.25. The van der Waals surface area contributed by atoms with E-state index in [0.717, 1.165) is 31.8 Å². The van der Waals surface area contributed by atoms with E-state index in [2.05, 4.69) is 39.0 Å². The van der Waals surface area contributed by atoms with Gasteiger partial charge in [-0.25, -0.2) is 8.42 Å². The number of rotatable bonds is 8. The van der Waals surface area contributed by atoms with Crippen molar-refractivity contribution >= 4 is 21.6 Å². The van der Waals surface area contributed by atoms with E-state index in [1.165, 1.54) is 42.2 Å². The minimum absolute atomic E-state index is 0.0750. The Morgan fingerprint density at radius 3 is 2.56 bits per heavy atom. The number of carbonyl (C=O) groups excluding carboxylic acids is 1. The second-order valence-electron chi connectivity index (χ2n) is 8.28. The summed E-state index contributed by atoms with van der Waals surface area (Å²) in [4.78, 5) is 18.9. The molecule has 0 spiro atoms. The van der Waals surface area contributed by atoms with Crippen molar-refractivity contribution in [1.29, 1.82) is 0 Å². The first-order chi connectivity index (χ1) is 16.4. The lowest BCUT2D eigenvalue weighted by Crippen LogP contribution is -2.40. The molecule has 178 valence electrons. The third-order valence-corrected chi connectivity index (χ3v) is 6.93. The van der Waals surface area contributed by atoms with E-state index in [4.69, 9.17) is 4.74 Å². The molecule has 34 heavy (non-hydrogen) atoms. The van der Waals surface area contributed by atoms with E-state index in [9.17, 15) is 13.2 Å². The predicted octanol–water partition coefficient (Wildman–Crippen LogP) is 3.03. The van der Waals surface area contributed by atoms with Gasteiger partial charge in [0.05, 0.1) is 23.3 Å². The number of benzene rings is 2. The molecule has 1 amide bonds. The first-order valence-electron chi connectivity index (χ1n) is 11.1. The molecule has 2 N–H and O–H groups in total. The molecule has 2 aromatic carbocycles. The van der Waals surface area contributed by atoms with Crippen LogP contribution in [-0.2, 0) is 27.8 Å². The number of hydrogen-bond donors (Lipinski definition) is 2. The van der Waals surface area contributed by atoms with Crippen LogP contribution in [-0.4, -0.2) is 50.0 Å². The van der Waals surface area contributed by atoms with Gasteiger partial charge in [0.25, 0.3) is 15.9 Å². The Morgan fingerprint density at radius 2 is 1.82 bits per heavy atom. The highest BCUT2D eigenvalue weighted by molar-refractivity contribution is 7.92. The Labute approximate surface area is 200 Å². The lowest BCUT2D eigenvalue weighted by molar-refractivity contribution is -0.0212. The van der Waals surface area contributed by atoms with Gasteiger partial charge in [0.1, 0.15) is 0 Å². The number of pyridine rings is 1. The Kier molecular flexibility index (Phi) is 7.56. The van der Waals surface area contributed by atoms with Crippen LogP contribution in [0.15, 0.2) is 78.0 Å². The molecule has 1 fully saturated rings. The normalized spacial score (nSPS) is 16.7. The summed E-state index contributed by atoms with van der Waals surface area (Å²) in [5, 5.41) is 2.91. The summed E-state index contributed by atoms with van der Waals surface area (Å²) in [7, 11) is -3.75. The second kappa shape index (κ2) is 10.8. The molecule has 1 saturated heterocycles. The molecular formula is C25H28N4O4S. The van der Waals surface area contributed by atoms with Gasteiger partial charge in [-0.1, -0.05) is 24.3 Å². The average Bonchev–Trinajstić information content (AvgIpc) is 2.83. The summed E-state index contributed by atoms with van der Waals surface area (Å²) in [6.45, 7) is 5.88. The predicted molar refractivity (Wildman–Crippen MR) is 130 cm³/mol. The molecule has 1 unspecified atom stereocenters. The molecule has 9 heteroatoms. The number of amides is 1. The number of anilines is 1. The highest BCUT2D eigenvalue weighted by Gasteiger charge is 2.17. The highest BCUT2D eigenvalue weighted by atomic mass is 32.2. The Hall–Kier alpha value is -3.27. The fourth-order valence-electron chi connectivity index (χ4n) is 3.83. The van der Waals surface area contributed by atoms with Crippen molar-refractivity contribution in [2.75, 3.05) is 24.4 Å². The second-order valence-corrected chi connectivity index (χ2v) is 9.97. The summed E-state index contributed by atoms with van der Waals surface area (Å²) >= 11 is 0. The van der Waals surface area contributed by atoms with Crippen molar-refractivity contribution in [1.82, 2.24) is 15.2 Å². The maximum absolute atomic E-state index is 12.6. The quantitative estimate of drug-likeness (QED) is 0.514. The van der Waals surface area contributed by atoms with Crippen molar-refractivity contribution in [3.8, 4) is 0 Å². The standard InChI is InChI=1S/C25H28N4O4S/c1-19-17-29(13-14-33-19)18-21-4-2-3-20(15-21)16-27-25(30)22-5-7-24(8-6-22)34(31,32)28-23-9-11-26-12-10-23/h2-12,15,19H,13-14,16-18H2,1H3,(H,26,28)(H,27,30). The molecule has 0 radical (unpaired) electrons. The molecule has 3 aromatic rings. The van der Waals surface area contributed by atoms with Crippen LogP contribution in [0.1, 0.15) is 28.4 Å². The van der Waals surface area contributed by atoms with Crippen LogP contribution >= 0.6 is 0 Å². The Balaban J connectivity index is 1.33. The van der Waals surface area contributed by atoms with E-state index < -0.39 is 10.0 Å². The largest absolute Gasteiger partial charge is 0.376 e. The summed E-state index contributed by atoms with van der Waals surface area (Å²) in [6, 6.07) is 17.1. The zero-order valence-electron chi connectivity index (χ0n) is 19.0. The number of nitrogens with zero attached hydrogens (tertiary/aromatic N) is 2. The van der Waals surface area contributed by atoms with Gasteiger partial charge < -0.3 is 10.1 Å². The molecule has 0 aliphatic carbocycles. The van der Waals surface area contributed by atoms with Crippen molar-refractivity contribution in [3.63, 3.8) is 0 Å². The lowest BCUT2D eigenvalue weighted by atomic mass is 10.1. The first kappa shape index (κ1) is 23.9. The lowest BCUT2D eigenvalue weighted by Gasteiger charge is -2.31. The van der Waals surface area contributed by atoms with Gasteiger partial charge in [0.2, 0.25) is 0 Å². The van der Waals surface area contributed by atoms with Crippen LogP contribution < -0.4 is 10.0 Å². The zero-order valence-corrected chi connectivity index (χ0v) is 19.8. The van der Waals surface area contributed by atoms with Gasteiger partial charge in [-0.15, -0.1) is 0 Å². The fraction of sp³-hybridized carbons (Fsp3) is 0.280. The minimum Gasteiger partial charge on any atom is -0.376 e. The summed E-state index contributed by atoms with van der Waals surface area (Å²) in [5.41, 5.74) is 3.01. The van der Waals surface area contributed by atoms with E-state index in [0.29, 0.717) is 17.8 Å². The third-order valence-electron chi connectivity index (χ3n) is 5.54. The minimum atomic E-state index is -3.75. The molecule has 1 atom stereocenters. The van der Waals surface area contributed by atoms with Crippen molar-refractivity contribution in [2.24, 2.45) is 0 Å². The Bertz CT molecular complexity index is 1220. The van der Waals surface area contributed by atoms with Gasteiger partial charge in [-0.2, -0.15) is 0 Å². The molecule has 1 aliphatic heterocycles. The van der Waals surface area contributed by atoms with E-state index in [1.54, 1.807) is 12.1 Å². The van der Waals surface area contributed by atoms with Crippen LogP contribution in [0.5, 0.6) is 0 Å². The number of sulfonamides is 1. The number of ether oxygens (including phenoxy) is 1. The van der Waals surface area contributed by atoms with Crippen molar-refractivity contribution < 1.29 is 17.9 Å². The molecule has 1 aliphatic rings. The molecule has 4 rings (SSSR count). The Morgan fingerprint density at radius 1 is 1.09 bits per heavy atom. The third kappa shape index (κ3) is 6.40. The number of hydrogen-bond acceptors (Lipinski definition) is 6. The molecule has 0 saturated carbocycles. The zero-order chi connectivity index (χ0) is 24.0. The molecule has 8 nitrogen and oxygen atoms in total. The van der Waals surface area contributed by atoms with Gasteiger partial charge in [-0.05, 0) is 54.4 Å². The SMILES string of the molecule is CC1CN(Cc2cccc(CNC(=O)c3ccc(S(=O)(=O)Nc4ccncc4)cc3)c2)CCO1. The number of carbonyl (C=O) groups is 1. The van der Waals surface area contributed by atoms with Gasteiger partial charge >= 0.3 is 0 Å². The number of nitrogens with one attached hydrogen (secondary N) is 2. The van der Waals surface area contributed by atoms with Gasteiger partial charge in [0, 0.05) is 44.1 Å². The van der Waals surface area contributed by atoms with E-state index in [-0.39, 0.29) is 16.9 Å². The molecule has 2 heterocycles. The van der Waals surface area contributed by atoms with E-state index in [1.807, 2.05) is 12.1 Å². The van der Waals surface area contributed by atoms with Crippen LogP contribution in [0.4, 0.5) is 5.69 Å². The highest BCUT2D eigenvalue weighted by Crippen LogP contribution is 2.16. The topological polar surface area (TPSA) is 101 Å². The van der Waals surface area contributed by atoms with E-state index >= 15 is 0 Å². The monoisotopic (exact) mass is 480 g/mol. The van der Waals surface area contributed by atoms with Gasteiger partial charge in [-0.3, -0.25) is 19.4 Å². The first-order valence-corrected chi connectivity index (χ1v) is 12.6. The van der Waals surface area contributed by atoms with Crippen molar-refractivity contribution in [2.45, 2.75) is 31.0 Å². The maximum Gasteiger partial charge on any atom is 0.261 e. The summed E-state index contributed by atoms with van der Waals surface area (Å²) in [5.74, 6) is -0.265. The number of morpholine rings is 1. The molecular weight excluding hydrogens is 452 g/mol. The van der Waals surface area contributed by atoms with Crippen LogP contribution in [0.2, 0.25) is 0 Å². The van der Waals surface area contributed by atoms with Crippen LogP contribution in [0.3, 0.4) is 0 Å². The fourth-order valence-corrected chi connectivity index (χ4v) is 4.89. The van der Waals surface area contributed by atoms with Crippen molar-refractivity contribution in [3.05, 3.63) is 89.7 Å².